The van der Waals surface area contributed by atoms with Gasteiger partial charge >= 0.3 is 0 Å². The molecule has 4 heteroatoms. The molecule has 0 unspecified atom stereocenters. The lowest BCUT2D eigenvalue weighted by molar-refractivity contribution is 0.361. The Morgan fingerprint density at radius 3 is 1.84 bits per heavy atom. The maximum absolute atomic E-state index is 14.9. The molecule has 0 nitrogen and oxygen atoms in total. The highest BCUT2D eigenvalue weighted by molar-refractivity contribution is 5.40. The van der Waals surface area contributed by atoms with E-state index >= 15 is 0 Å². The minimum Gasteiger partial charge on any atom is -0.203 e. The van der Waals surface area contributed by atoms with Crippen LogP contribution in [0.25, 0.3) is 0 Å². The van der Waals surface area contributed by atoms with Crippen LogP contribution in [0.1, 0.15) is 87.7 Å². The van der Waals surface area contributed by atoms with E-state index in [1.807, 2.05) is 6.08 Å². The number of rotatable bonds is 6. The first-order valence-corrected chi connectivity index (χ1v) is 11.4. The third kappa shape index (κ3) is 5.58. The summed E-state index contributed by atoms with van der Waals surface area (Å²) in [6, 6.07) is 3.58. The molecule has 0 aliphatic heterocycles. The highest BCUT2D eigenvalue weighted by Crippen LogP contribution is 2.41. The SMILES string of the molecule is C=C(C)/C(F)=C(/F)C(=C)/C=C/C1CCC(c2ccc(C3CCCCC3)c(F)c2F)CC1. The molecule has 3 rings (SSSR count). The Kier molecular flexibility index (Phi) is 7.96. The number of allylic oxidation sites excluding steroid dienone is 6. The zero-order valence-electron chi connectivity index (χ0n) is 18.3. The first-order valence-electron chi connectivity index (χ1n) is 11.4. The Labute approximate surface area is 183 Å². The molecule has 0 N–H and O–H groups in total. The molecule has 2 aliphatic carbocycles. The Morgan fingerprint density at radius 2 is 1.32 bits per heavy atom. The van der Waals surface area contributed by atoms with Gasteiger partial charge in [0.15, 0.2) is 23.3 Å². The molecule has 0 radical (unpaired) electrons. The average molecular weight is 433 g/mol. The molecule has 0 bridgehead atoms. The maximum atomic E-state index is 14.9. The molecule has 1 aromatic rings. The molecule has 0 aromatic heterocycles. The molecular formula is C27H32F4. The van der Waals surface area contributed by atoms with Gasteiger partial charge in [-0.1, -0.05) is 56.7 Å². The van der Waals surface area contributed by atoms with E-state index in [9.17, 15) is 17.6 Å². The van der Waals surface area contributed by atoms with Crippen LogP contribution in [0.4, 0.5) is 17.6 Å². The molecule has 2 saturated carbocycles. The van der Waals surface area contributed by atoms with Crippen LogP contribution in [0.2, 0.25) is 0 Å². The van der Waals surface area contributed by atoms with Crippen molar-refractivity contribution in [3.63, 3.8) is 0 Å². The predicted molar refractivity (Wildman–Crippen MR) is 119 cm³/mol. The fourth-order valence-electron chi connectivity index (χ4n) is 4.90. The molecule has 31 heavy (non-hydrogen) atoms. The van der Waals surface area contributed by atoms with E-state index in [2.05, 4.69) is 13.2 Å². The summed E-state index contributed by atoms with van der Waals surface area (Å²) >= 11 is 0. The zero-order valence-corrected chi connectivity index (χ0v) is 18.3. The Bertz CT molecular complexity index is 879. The van der Waals surface area contributed by atoms with E-state index in [1.165, 1.54) is 19.4 Å². The second kappa shape index (κ2) is 10.5. The molecular weight excluding hydrogens is 400 g/mol. The normalized spacial score (nSPS) is 23.6. The van der Waals surface area contributed by atoms with Gasteiger partial charge in [0.25, 0.3) is 0 Å². The molecule has 2 aliphatic rings. The smallest absolute Gasteiger partial charge is 0.165 e. The summed E-state index contributed by atoms with van der Waals surface area (Å²) in [5.74, 6) is -3.01. The number of hydrogen-bond donors (Lipinski definition) is 0. The first-order chi connectivity index (χ1) is 14.8. The van der Waals surface area contributed by atoms with Crippen LogP contribution >= 0.6 is 0 Å². The highest BCUT2D eigenvalue weighted by Gasteiger charge is 2.27. The maximum Gasteiger partial charge on any atom is 0.165 e. The predicted octanol–water partition coefficient (Wildman–Crippen LogP) is 9.13. The van der Waals surface area contributed by atoms with Crippen LogP contribution in [0.3, 0.4) is 0 Å². The van der Waals surface area contributed by atoms with Gasteiger partial charge in [0.1, 0.15) is 0 Å². The van der Waals surface area contributed by atoms with Crippen LogP contribution in [0.15, 0.2) is 60.2 Å². The lowest BCUT2D eigenvalue weighted by atomic mass is 9.77. The first kappa shape index (κ1) is 23.6. The van der Waals surface area contributed by atoms with Crippen LogP contribution in [0.5, 0.6) is 0 Å². The van der Waals surface area contributed by atoms with Crippen molar-refractivity contribution in [3.05, 3.63) is 83.0 Å². The average Bonchev–Trinajstić information content (AvgIpc) is 2.79. The largest absolute Gasteiger partial charge is 0.203 e. The van der Waals surface area contributed by atoms with Crippen molar-refractivity contribution in [1.82, 2.24) is 0 Å². The molecule has 1 aromatic carbocycles. The van der Waals surface area contributed by atoms with Crippen LogP contribution in [-0.4, -0.2) is 0 Å². The lowest BCUT2D eigenvalue weighted by Gasteiger charge is -2.28. The minimum absolute atomic E-state index is 0.0137. The lowest BCUT2D eigenvalue weighted by Crippen LogP contribution is -2.15. The van der Waals surface area contributed by atoms with E-state index in [4.69, 9.17) is 0 Å². The summed E-state index contributed by atoms with van der Waals surface area (Å²) in [6.07, 6.45) is 11.6. The van der Waals surface area contributed by atoms with E-state index < -0.39 is 23.3 Å². The van der Waals surface area contributed by atoms with Crippen molar-refractivity contribution in [1.29, 1.82) is 0 Å². The van der Waals surface area contributed by atoms with Crippen molar-refractivity contribution < 1.29 is 17.6 Å². The van der Waals surface area contributed by atoms with E-state index in [1.54, 1.807) is 12.1 Å². The zero-order chi connectivity index (χ0) is 22.5. The second-order valence-corrected chi connectivity index (χ2v) is 9.11. The monoisotopic (exact) mass is 432 g/mol. The van der Waals surface area contributed by atoms with Crippen molar-refractivity contribution in [3.8, 4) is 0 Å². The summed E-state index contributed by atoms with van der Waals surface area (Å²) in [5, 5.41) is 0. The van der Waals surface area contributed by atoms with Gasteiger partial charge in [-0.2, -0.15) is 0 Å². The molecule has 0 heterocycles. The molecule has 0 saturated heterocycles. The van der Waals surface area contributed by atoms with Crippen LogP contribution in [-0.2, 0) is 0 Å². The number of benzene rings is 1. The van der Waals surface area contributed by atoms with Crippen LogP contribution in [0, 0.1) is 17.6 Å². The van der Waals surface area contributed by atoms with Gasteiger partial charge in [0.05, 0.1) is 0 Å². The van der Waals surface area contributed by atoms with Gasteiger partial charge in [-0.3, -0.25) is 0 Å². The van der Waals surface area contributed by atoms with Crippen molar-refractivity contribution in [2.24, 2.45) is 5.92 Å². The quantitative estimate of drug-likeness (QED) is 0.310. The summed E-state index contributed by atoms with van der Waals surface area (Å²) in [5.41, 5.74) is 1.01. The van der Waals surface area contributed by atoms with Gasteiger partial charge in [0, 0.05) is 5.57 Å². The Balaban J connectivity index is 1.62. The fraction of sp³-hybridized carbons (Fsp3) is 0.481. The van der Waals surface area contributed by atoms with E-state index in [0.29, 0.717) is 11.1 Å². The Morgan fingerprint density at radius 1 is 0.806 bits per heavy atom. The molecule has 2 fully saturated rings. The summed E-state index contributed by atoms with van der Waals surface area (Å²) < 4.78 is 57.3. The second-order valence-electron chi connectivity index (χ2n) is 9.11. The van der Waals surface area contributed by atoms with Crippen molar-refractivity contribution in [2.75, 3.05) is 0 Å². The third-order valence-electron chi connectivity index (χ3n) is 6.82. The minimum atomic E-state index is -0.993. The van der Waals surface area contributed by atoms with Crippen molar-refractivity contribution >= 4 is 0 Å². The van der Waals surface area contributed by atoms with Gasteiger partial charge in [-0.25, -0.2) is 17.6 Å². The summed E-state index contributed by atoms with van der Waals surface area (Å²) in [7, 11) is 0. The van der Waals surface area contributed by atoms with Gasteiger partial charge < -0.3 is 0 Å². The number of hydrogen-bond acceptors (Lipinski definition) is 0. The molecule has 168 valence electrons. The Hall–Kier alpha value is -2.10. The highest BCUT2D eigenvalue weighted by atomic mass is 19.2. The summed E-state index contributed by atoms with van der Waals surface area (Å²) in [6.45, 7) is 8.38. The topological polar surface area (TPSA) is 0 Å². The number of halogens is 4. The van der Waals surface area contributed by atoms with E-state index in [0.717, 1.165) is 51.4 Å². The molecule has 0 amide bonds. The van der Waals surface area contributed by atoms with Gasteiger partial charge in [-0.05, 0) is 79.9 Å². The van der Waals surface area contributed by atoms with Crippen LogP contribution < -0.4 is 0 Å². The fourth-order valence-corrected chi connectivity index (χ4v) is 4.90. The molecule has 0 atom stereocenters. The summed E-state index contributed by atoms with van der Waals surface area (Å²) in [4.78, 5) is 0. The molecule has 0 spiro atoms. The third-order valence-corrected chi connectivity index (χ3v) is 6.82. The van der Waals surface area contributed by atoms with E-state index in [-0.39, 0.29) is 28.9 Å². The van der Waals surface area contributed by atoms with Gasteiger partial charge in [0.2, 0.25) is 0 Å². The van der Waals surface area contributed by atoms with Gasteiger partial charge in [-0.15, -0.1) is 0 Å². The van der Waals surface area contributed by atoms with Crippen molar-refractivity contribution in [2.45, 2.75) is 76.5 Å². The standard InChI is InChI=1S/C27H32F4/c1-17(2)24(28)25(29)18(3)9-10-19-11-13-21(14-12-19)23-16-15-22(26(30)27(23)31)20-7-5-4-6-8-20/h9-10,15-16,19-21H,1,3-8,11-14H2,2H3/b10-9+,25-24-.